The van der Waals surface area contributed by atoms with Crippen LogP contribution >= 0.6 is 0 Å². The Morgan fingerprint density at radius 1 is 1.03 bits per heavy atom. The average molecular weight is 446 g/mol. The third kappa shape index (κ3) is 3.06. The molecule has 0 aliphatic carbocycles. The number of ether oxygens (including phenoxy) is 1. The number of β-amino-alcohol motifs (C(OH)–C–C–N with tert-alkyl or cyclic N) is 1. The number of hydrogen-bond donors (Lipinski definition) is 1. The number of hydrogen-bond acceptors (Lipinski definition) is 5. The number of amides is 3. The van der Waals surface area contributed by atoms with Crippen molar-refractivity contribution in [1.29, 1.82) is 0 Å². The lowest BCUT2D eigenvalue weighted by Gasteiger charge is -2.39. The summed E-state index contributed by atoms with van der Waals surface area (Å²) in [5, 5.41) is 9.70. The zero-order valence-electron chi connectivity index (χ0n) is 19.5. The monoisotopic (exact) mass is 445 g/mol. The van der Waals surface area contributed by atoms with Crippen molar-refractivity contribution in [3.8, 4) is 0 Å². The number of aliphatic hydroxyl groups excluding tert-OH is 1. The molecule has 5 atom stereocenters. The summed E-state index contributed by atoms with van der Waals surface area (Å²) in [4.78, 5) is 46.4. The van der Waals surface area contributed by atoms with Gasteiger partial charge in [-0.1, -0.05) is 38.2 Å². The lowest BCUT2D eigenvalue weighted by atomic mass is 9.73. The molecule has 1 spiro atoms. The molecule has 3 amide bonds. The van der Waals surface area contributed by atoms with Gasteiger partial charge in [-0.15, -0.1) is 0 Å². The fraction of sp³-hybridized carbons (Fsp3) is 0.708. The van der Waals surface area contributed by atoms with E-state index < -0.39 is 29.1 Å². The van der Waals surface area contributed by atoms with E-state index in [9.17, 15) is 19.5 Å². The van der Waals surface area contributed by atoms with Crippen molar-refractivity contribution in [2.45, 2.75) is 63.8 Å². The van der Waals surface area contributed by atoms with Crippen molar-refractivity contribution >= 4 is 17.7 Å². The fourth-order valence-electron chi connectivity index (χ4n) is 6.11. The van der Waals surface area contributed by atoms with Crippen LogP contribution in [-0.2, 0) is 19.1 Å². The van der Waals surface area contributed by atoms with E-state index in [0.717, 1.165) is 6.42 Å². The van der Waals surface area contributed by atoms with Gasteiger partial charge >= 0.3 is 0 Å². The van der Waals surface area contributed by atoms with Gasteiger partial charge in [-0.3, -0.25) is 14.4 Å². The van der Waals surface area contributed by atoms with Crippen LogP contribution in [0, 0.1) is 11.8 Å². The zero-order valence-corrected chi connectivity index (χ0v) is 19.5. The molecule has 176 valence electrons. The van der Waals surface area contributed by atoms with Gasteiger partial charge in [-0.2, -0.15) is 0 Å². The second-order valence-electron chi connectivity index (χ2n) is 9.55. The summed E-state index contributed by atoms with van der Waals surface area (Å²) in [6, 6.07) is -0.953. The van der Waals surface area contributed by atoms with E-state index in [2.05, 4.69) is 0 Å². The molecule has 32 heavy (non-hydrogen) atoms. The Morgan fingerprint density at radius 3 is 2.38 bits per heavy atom. The van der Waals surface area contributed by atoms with Gasteiger partial charge in [0.1, 0.15) is 11.6 Å². The molecule has 1 N–H and O–H groups in total. The molecule has 4 heterocycles. The summed E-state index contributed by atoms with van der Waals surface area (Å²) in [7, 11) is 0. The normalized spacial score (nSPS) is 36.5. The maximum absolute atomic E-state index is 13.8. The summed E-state index contributed by atoms with van der Waals surface area (Å²) in [6.07, 6.45) is 9.00. The maximum Gasteiger partial charge on any atom is 0.249 e. The topological polar surface area (TPSA) is 90.4 Å². The number of nitrogens with zero attached hydrogens (tertiary/aromatic N) is 3. The Hall–Kier alpha value is -2.19. The summed E-state index contributed by atoms with van der Waals surface area (Å²) in [5.74, 6) is -2.09. The number of aliphatic hydroxyl groups is 1. The van der Waals surface area contributed by atoms with Crippen LogP contribution in [0.2, 0.25) is 0 Å². The van der Waals surface area contributed by atoms with E-state index in [-0.39, 0.29) is 36.9 Å². The molecule has 2 fully saturated rings. The molecule has 1 unspecified atom stereocenters. The minimum absolute atomic E-state index is 0.0329. The van der Waals surface area contributed by atoms with Crippen molar-refractivity contribution in [3.05, 3.63) is 24.3 Å². The summed E-state index contributed by atoms with van der Waals surface area (Å²) in [6.45, 7) is 9.15. The molecular formula is C24H35N3O5. The summed E-state index contributed by atoms with van der Waals surface area (Å²) < 4.78 is 6.81. The molecule has 4 rings (SSSR count). The van der Waals surface area contributed by atoms with Gasteiger partial charge in [0.15, 0.2) is 0 Å². The van der Waals surface area contributed by atoms with Crippen molar-refractivity contribution in [2.75, 3.05) is 32.8 Å². The van der Waals surface area contributed by atoms with E-state index in [4.69, 9.17) is 4.74 Å². The number of likely N-dealkylation sites (tertiary alicyclic amines) is 1. The molecule has 0 bridgehead atoms. The predicted octanol–water partition coefficient (Wildman–Crippen LogP) is 0.955. The van der Waals surface area contributed by atoms with Crippen LogP contribution in [0.4, 0.5) is 0 Å². The van der Waals surface area contributed by atoms with Crippen molar-refractivity contribution in [2.24, 2.45) is 11.8 Å². The predicted molar refractivity (Wildman–Crippen MR) is 118 cm³/mol. The molecule has 0 aromatic heterocycles. The molecule has 0 aromatic carbocycles. The number of carbonyl (C=O) groups excluding carboxylic acids is 3. The Kier molecular flexibility index (Phi) is 5.96. The quantitative estimate of drug-likeness (QED) is 0.615. The van der Waals surface area contributed by atoms with Gasteiger partial charge in [-0.25, -0.2) is 0 Å². The van der Waals surface area contributed by atoms with E-state index in [1.807, 2.05) is 52.0 Å². The van der Waals surface area contributed by atoms with E-state index in [0.29, 0.717) is 26.1 Å². The molecule has 8 nitrogen and oxygen atoms in total. The van der Waals surface area contributed by atoms with Crippen LogP contribution in [0.25, 0.3) is 0 Å². The van der Waals surface area contributed by atoms with E-state index in [1.54, 1.807) is 9.80 Å². The minimum Gasteiger partial charge on any atom is -0.395 e. The van der Waals surface area contributed by atoms with Gasteiger partial charge in [0.2, 0.25) is 17.7 Å². The first kappa shape index (κ1) is 23.0. The smallest absolute Gasteiger partial charge is 0.249 e. The SMILES string of the molecule is CCCN1CC=C[C@@]2(CC)O[C@]34C=CCN(C(C)C)C(=O)C3N(CCO)C(=O)[C@@H]4[C@H]2C1=O. The number of carbonyl (C=O) groups is 3. The second-order valence-corrected chi connectivity index (χ2v) is 9.55. The fourth-order valence-corrected chi connectivity index (χ4v) is 6.11. The summed E-state index contributed by atoms with van der Waals surface area (Å²) >= 11 is 0. The maximum atomic E-state index is 13.8. The van der Waals surface area contributed by atoms with Crippen molar-refractivity contribution in [1.82, 2.24) is 14.7 Å². The molecule has 4 aliphatic rings. The van der Waals surface area contributed by atoms with Crippen LogP contribution in [0.5, 0.6) is 0 Å². The van der Waals surface area contributed by atoms with E-state index >= 15 is 0 Å². The van der Waals surface area contributed by atoms with Crippen LogP contribution < -0.4 is 0 Å². The van der Waals surface area contributed by atoms with Gasteiger partial charge in [0.05, 0.1) is 24.0 Å². The standard InChI is InChI=1S/C24H35N3O5/c1-5-11-25-12-7-9-23(6-2)17(20(25)29)18-21(30)27(14-15-28)19-22(31)26(16(3)4)13-8-10-24(18,19)32-23/h7-10,16-19,28H,5-6,11-15H2,1-4H3/t17-,18-,19?,23+,24-/m0/s1. The van der Waals surface area contributed by atoms with Gasteiger partial charge in [0, 0.05) is 32.2 Å². The van der Waals surface area contributed by atoms with Crippen LogP contribution in [-0.4, -0.2) is 93.6 Å². The first-order chi connectivity index (χ1) is 15.3. The molecule has 4 aliphatic heterocycles. The molecule has 0 radical (unpaired) electrons. The highest BCUT2D eigenvalue weighted by Gasteiger charge is 2.75. The third-order valence-electron chi connectivity index (χ3n) is 7.51. The van der Waals surface area contributed by atoms with Gasteiger partial charge < -0.3 is 24.5 Å². The summed E-state index contributed by atoms with van der Waals surface area (Å²) in [5.41, 5.74) is -2.18. The number of fused-ring (bicyclic) bond motifs is 2. The third-order valence-corrected chi connectivity index (χ3v) is 7.51. The zero-order chi connectivity index (χ0) is 23.3. The molecule has 0 saturated carbocycles. The highest BCUT2D eigenvalue weighted by Crippen LogP contribution is 2.58. The van der Waals surface area contributed by atoms with Crippen LogP contribution in [0.15, 0.2) is 24.3 Å². The Balaban J connectivity index is 1.89. The lowest BCUT2D eigenvalue weighted by Crippen LogP contribution is -2.57. The molecule has 0 aromatic rings. The van der Waals surface area contributed by atoms with Gasteiger partial charge in [-0.05, 0) is 26.7 Å². The molecular weight excluding hydrogens is 410 g/mol. The van der Waals surface area contributed by atoms with Crippen molar-refractivity contribution in [3.63, 3.8) is 0 Å². The van der Waals surface area contributed by atoms with Crippen molar-refractivity contribution < 1.29 is 24.2 Å². The highest BCUT2D eigenvalue weighted by atomic mass is 16.5. The second kappa shape index (κ2) is 8.30. The molecule has 8 heteroatoms. The first-order valence-corrected chi connectivity index (χ1v) is 11.8. The highest BCUT2D eigenvalue weighted by molar-refractivity contribution is 6.00. The van der Waals surface area contributed by atoms with Crippen LogP contribution in [0.1, 0.15) is 40.5 Å². The Bertz CT molecular complexity index is 855. The lowest BCUT2D eigenvalue weighted by molar-refractivity contribution is -0.155. The first-order valence-electron chi connectivity index (χ1n) is 11.8. The Labute approximate surface area is 189 Å². The van der Waals surface area contributed by atoms with E-state index in [1.165, 1.54) is 4.90 Å². The molecule has 2 saturated heterocycles. The largest absolute Gasteiger partial charge is 0.395 e. The van der Waals surface area contributed by atoms with Crippen LogP contribution in [0.3, 0.4) is 0 Å². The average Bonchev–Trinajstić information content (AvgIpc) is 3.03. The minimum atomic E-state index is -1.23. The van der Waals surface area contributed by atoms with Gasteiger partial charge in [0.25, 0.3) is 0 Å². The number of rotatable bonds is 6. The Morgan fingerprint density at radius 2 is 1.75 bits per heavy atom.